The first-order chi connectivity index (χ1) is 8.69. The molecule has 0 unspecified atom stereocenters. The van der Waals surface area contributed by atoms with E-state index in [1.165, 1.54) is 0 Å². The Morgan fingerprint density at radius 3 is 2.61 bits per heavy atom. The molecule has 0 aliphatic heterocycles. The number of hydrogen-bond donors (Lipinski definition) is 2. The van der Waals surface area contributed by atoms with Crippen LogP contribution in [-0.2, 0) is 4.74 Å². The second kappa shape index (κ2) is 7.84. The van der Waals surface area contributed by atoms with Gasteiger partial charge in [0.1, 0.15) is 18.2 Å². The van der Waals surface area contributed by atoms with Gasteiger partial charge in [-0.15, -0.1) is 0 Å². The molecule has 1 aromatic heterocycles. The molecule has 0 aromatic carbocycles. The van der Waals surface area contributed by atoms with Crippen LogP contribution >= 0.6 is 0 Å². The van der Waals surface area contributed by atoms with Crippen LogP contribution in [-0.4, -0.2) is 29.8 Å². The van der Waals surface area contributed by atoms with Gasteiger partial charge in [0, 0.05) is 6.61 Å². The predicted molar refractivity (Wildman–Crippen MR) is 70.5 cm³/mol. The molecule has 6 nitrogen and oxygen atoms in total. The van der Waals surface area contributed by atoms with E-state index >= 15 is 0 Å². The van der Waals surface area contributed by atoms with Crippen LogP contribution in [0.15, 0.2) is 0 Å². The number of anilines is 1. The van der Waals surface area contributed by atoms with Crippen LogP contribution in [0.1, 0.15) is 31.2 Å². The van der Waals surface area contributed by atoms with Crippen LogP contribution in [0.5, 0.6) is 5.88 Å². The number of ether oxygens (including phenoxy) is 2. The Bertz CT molecular complexity index is 371. The first kappa shape index (κ1) is 14.7. The van der Waals surface area contributed by atoms with Gasteiger partial charge >= 0.3 is 0 Å². The molecule has 1 heterocycles. The number of aromatic nitrogens is 2. The topological polar surface area (TPSA) is 82.3 Å². The Morgan fingerprint density at radius 1 is 1.17 bits per heavy atom. The Balaban J connectivity index is 2.44. The molecule has 1 rings (SSSR count). The Kier molecular flexibility index (Phi) is 6.38. The molecule has 0 spiro atoms. The summed E-state index contributed by atoms with van der Waals surface area (Å²) < 4.78 is 11.0. The van der Waals surface area contributed by atoms with Gasteiger partial charge in [-0.05, 0) is 20.3 Å². The third kappa shape index (κ3) is 4.46. The zero-order valence-electron chi connectivity index (χ0n) is 11.3. The lowest BCUT2D eigenvalue weighted by atomic mass is 10.3. The first-order valence-electron chi connectivity index (χ1n) is 6.21. The van der Waals surface area contributed by atoms with Gasteiger partial charge in [0.2, 0.25) is 5.88 Å². The summed E-state index contributed by atoms with van der Waals surface area (Å²) in [5, 5.41) is 0. The number of aryl methyl sites for hydroxylation is 1. The third-order valence-corrected chi connectivity index (χ3v) is 2.46. The van der Waals surface area contributed by atoms with E-state index in [0.29, 0.717) is 30.7 Å². The number of nitrogens with two attached hydrogens (primary N) is 1. The van der Waals surface area contributed by atoms with E-state index in [9.17, 15) is 0 Å². The Hall–Kier alpha value is -1.40. The molecule has 0 radical (unpaired) electrons. The number of hydrazine groups is 1. The van der Waals surface area contributed by atoms with E-state index in [-0.39, 0.29) is 0 Å². The molecule has 0 fully saturated rings. The largest absolute Gasteiger partial charge is 0.475 e. The Morgan fingerprint density at radius 2 is 1.94 bits per heavy atom. The molecule has 0 atom stereocenters. The van der Waals surface area contributed by atoms with E-state index in [1.54, 1.807) is 6.92 Å². The van der Waals surface area contributed by atoms with Gasteiger partial charge in [0.25, 0.3) is 0 Å². The van der Waals surface area contributed by atoms with E-state index in [2.05, 4.69) is 22.3 Å². The van der Waals surface area contributed by atoms with Crippen LogP contribution in [0.2, 0.25) is 0 Å². The average Bonchev–Trinajstić information content (AvgIpc) is 2.37. The minimum atomic E-state index is 0.477. The van der Waals surface area contributed by atoms with Crippen molar-refractivity contribution >= 4 is 5.82 Å². The van der Waals surface area contributed by atoms with Crippen molar-refractivity contribution < 1.29 is 9.47 Å². The van der Waals surface area contributed by atoms with E-state index in [1.807, 2.05) is 6.92 Å². The van der Waals surface area contributed by atoms with E-state index in [0.717, 1.165) is 25.0 Å². The molecule has 3 N–H and O–H groups in total. The Labute approximate surface area is 108 Å². The fourth-order valence-electron chi connectivity index (χ4n) is 1.43. The normalized spacial score (nSPS) is 10.4. The summed E-state index contributed by atoms with van der Waals surface area (Å²) in [5.41, 5.74) is 3.33. The molecule has 6 heteroatoms. The summed E-state index contributed by atoms with van der Waals surface area (Å²) in [6.45, 7) is 7.61. The SMILES string of the molecule is CCCCOCCOc1nc(C)nc(NN)c1C. The van der Waals surface area contributed by atoms with Gasteiger partial charge in [-0.25, -0.2) is 10.8 Å². The van der Waals surface area contributed by atoms with E-state index < -0.39 is 0 Å². The van der Waals surface area contributed by atoms with Gasteiger partial charge in [-0.3, -0.25) is 0 Å². The summed E-state index contributed by atoms with van der Waals surface area (Å²) in [7, 11) is 0. The number of nitrogen functional groups attached to an aromatic ring is 1. The van der Waals surface area contributed by atoms with Crippen molar-refractivity contribution in [1.82, 2.24) is 9.97 Å². The average molecular weight is 254 g/mol. The van der Waals surface area contributed by atoms with Crippen LogP contribution in [0.4, 0.5) is 5.82 Å². The summed E-state index contributed by atoms with van der Waals surface area (Å²) in [5.74, 6) is 7.14. The number of rotatable bonds is 8. The molecular formula is C12H22N4O2. The van der Waals surface area contributed by atoms with Gasteiger partial charge in [-0.2, -0.15) is 4.98 Å². The quantitative estimate of drug-likeness (QED) is 0.416. The standard InChI is InChI=1S/C12H22N4O2/c1-4-5-6-17-7-8-18-12-9(2)11(16-13)14-10(3)15-12/h4-8,13H2,1-3H3,(H,14,15,16). The van der Waals surface area contributed by atoms with Gasteiger partial charge in [-0.1, -0.05) is 13.3 Å². The predicted octanol–water partition coefficient (Wildman–Crippen LogP) is 1.57. The molecule has 18 heavy (non-hydrogen) atoms. The van der Waals surface area contributed by atoms with Crippen molar-refractivity contribution in [2.24, 2.45) is 5.84 Å². The molecule has 0 saturated heterocycles. The summed E-state index contributed by atoms with van der Waals surface area (Å²) in [6.07, 6.45) is 2.21. The van der Waals surface area contributed by atoms with Gasteiger partial charge in [0.05, 0.1) is 12.2 Å². The highest BCUT2D eigenvalue weighted by molar-refractivity contribution is 5.47. The maximum absolute atomic E-state index is 5.57. The molecule has 0 aliphatic rings. The van der Waals surface area contributed by atoms with Crippen molar-refractivity contribution in [3.63, 3.8) is 0 Å². The molecule has 1 aromatic rings. The zero-order chi connectivity index (χ0) is 13.4. The number of nitrogens with one attached hydrogen (secondary N) is 1. The summed E-state index contributed by atoms with van der Waals surface area (Å²) in [6, 6.07) is 0. The third-order valence-electron chi connectivity index (χ3n) is 2.46. The highest BCUT2D eigenvalue weighted by atomic mass is 16.5. The molecule has 0 aliphatic carbocycles. The van der Waals surface area contributed by atoms with Crippen molar-refractivity contribution in [3.8, 4) is 5.88 Å². The molecular weight excluding hydrogens is 232 g/mol. The van der Waals surface area contributed by atoms with Gasteiger partial charge in [0.15, 0.2) is 0 Å². The zero-order valence-corrected chi connectivity index (χ0v) is 11.3. The molecule has 102 valence electrons. The van der Waals surface area contributed by atoms with Crippen molar-refractivity contribution in [2.75, 3.05) is 25.2 Å². The number of hydrogen-bond acceptors (Lipinski definition) is 6. The number of nitrogens with zero attached hydrogens (tertiary/aromatic N) is 2. The molecule has 0 saturated carbocycles. The maximum Gasteiger partial charge on any atom is 0.221 e. The highest BCUT2D eigenvalue weighted by Gasteiger charge is 2.09. The van der Waals surface area contributed by atoms with Crippen LogP contribution in [0, 0.1) is 13.8 Å². The fraction of sp³-hybridized carbons (Fsp3) is 0.667. The van der Waals surface area contributed by atoms with Crippen molar-refractivity contribution in [1.29, 1.82) is 0 Å². The van der Waals surface area contributed by atoms with Crippen molar-refractivity contribution in [2.45, 2.75) is 33.6 Å². The summed E-state index contributed by atoms with van der Waals surface area (Å²) >= 11 is 0. The molecule has 0 amide bonds. The van der Waals surface area contributed by atoms with Crippen LogP contribution in [0.3, 0.4) is 0 Å². The smallest absolute Gasteiger partial charge is 0.221 e. The van der Waals surface area contributed by atoms with E-state index in [4.69, 9.17) is 15.3 Å². The van der Waals surface area contributed by atoms with Crippen LogP contribution < -0.4 is 16.0 Å². The molecule has 0 bridgehead atoms. The number of unbranched alkanes of at least 4 members (excludes halogenated alkanes) is 1. The monoisotopic (exact) mass is 254 g/mol. The first-order valence-corrected chi connectivity index (χ1v) is 6.21. The van der Waals surface area contributed by atoms with Gasteiger partial charge < -0.3 is 14.9 Å². The highest BCUT2D eigenvalue weighted by Crippen LogP contribution is 2.20. The van der Waals surface area contributed by atoms with Crippen LogP contribution in [0.25, 0.3) is 0 Å². The van der Waals surface area contributed by atoms with Crippen molar-refractivity contribution in [3.05, 3.63) is 11.4 Å². The lowest BCUT2D eigenvalue weighted by molar-refractivity contribution is 0.0962. The lowest BCUT2D eigenvalue weighted by Gasteiger charge is -2.11. The second-order valence-corrected chi connectivity index (χ2v) is 4.01. The fourth-order valence-corrected chi connectivity index (χ4v) is 1.43. The second-order valence-electron chi connectivity index (χ2n) is 4.01. The lowest BCUT2D eigenvalue weighted by Crippen LogP contribution is -2.14. The minimum absolute atomic E-state index is 0.477. The maximum atomic E-state index is 5.57. The minimum Gasteiger partial charge on any atom is -0.475 e. The summed E-state index contributed by atoms with van der Waals surface area (Å²) in [4.78, 5) is 8.39.